The van der Waals surface area contributed by atoms with Gasteiger partial charge in [-0.25, -0.2) is 0 Å². The van der Waals surface area contributed by atoms with Gasteiger partial charge in [-0.1, -0.05) is 129 Å². The Morgan fingerprint density at radius 2 is 0.688 bits per heavy atom. The van der Waals surface area contributed by atoms with Gasteiger partial charge in [0.25, 0.3) is 0 Å². The van der Waals surface area contributed by atoms with Crippen LogP contribution in [0.4, 0.5) is 0 Å². The standard InChI is InChI=1S/C28H59NO3/c1-4-6-8-10-12-14-16-17-19-21-23-25-27-29(32,28(3,30)31)26-24-22-20-18-15-13-11-9-7-5-2/h30-31H,4-27H2,1-3H3. The van der Waals surface area contributed by atoms with E-state index in [4.69, 9.17) is 0 Å². The second-order valence-corrected chi connectivity index (χ2v) is 10.4. The highest BCUT2D eigenvalue weighted by Crippen LogP contribution is 2.23. The number of aliphatic hydroxyl groups is 2. The maximum Gasteiger partial charge on any atom is 0.310 e. The second kappa shape index (κ2) is 21.4. The molecule has 194 valence electrons. The van der Waals surface area contributed by atoms with Crippen molar-refractivity contribution >= 4 is 0 Å². The van der Waals surface area contributed by atoms with Gasteiger partial charge < -0.3 is 20.1 Å². The molecule has 0 aromatic rings. The lowest BCUT2D eigenvalue weighted by Gasteiger charge is -2.49. The number of rotatable bonds is 25. The summed E-state index contributed by atoms with van der Waals surface area (Å²) in [7, 11) is 0. The molecule has 32 heavy (non-hydrogen) atoms. The summed E-state index contributed by atoms with van der Waals surface area (Å²) in [6.07, 6.45) is 27.2. The zero-order valence-electron chi connectivity index (χ0n) is 22.2. The van der Waals surface area contributed by atoms with Crippen LogP contribution in [0.2, 0.25) is 0 Å². The van der Waals surface area contributed by atoms with Crippen molar-refractivity contribution in [2.75, 3.05) is 13.1 Å². The minimum Gasteiger partial charge on any atom is -0.629 e. The molecule has 0 aliphatic carbocycles. The molecule has 0 aliphatic heterocycles. The van der Waals surface area contributed by atoms with Gasteiger partial charge in [0.1, 0.15) is 0 Å². The molecule has 1 unspecified atom stereocenters. The Balaban J connectivity index is 3.77. The van der Waals surface area contributed by atoms with E-state index in [9.17, 15) is 15.4 Å². The predicted octanol–water partition coefficient (Wildman–Crippen LogP) is 8.58. The number of unbranched alkanes of at least 4 members (excludes halogenated alkanes) is 20. The molecular formula is C28H59NO3. The van der Waals surface area contributed by atoms with E-state index in [1.54, 1.807) is 0 Å². The zero-order valence-corrected chi connectivity index (χ0v) is 22.2. The summed E-state index contributed by atoms with van der Waals surface area (Å²) in [5.41, 5.74) is 0. The van der Waals surface area contributed by atoms with Gasteiger partial charge in [-0.05, 0) is 25.7 Å². The van der Waals surface area contributed by atoms with Crippen molar-refractivity contribution in [3.8, 4) is 0 Å². The van der Waals surface area contributed by atoms with Crippen LogP contribution in [0.3, 0.4) is 0 Å². The average molecular weight is 458 g/mol. The third-order valence-corrected chi connectivity index (χ3v) is 7.02. The van der Waals surface area contributed by atoms with Gasteiger partial charge in [-0.2, -0.15) is 0 Å². The smallest absolute Gasteiger partial charge is 0.310 e. The van der Waals surface area contributed by atoms with Crippen molar-refractivity contribution in [3.05, 3.63) is 5.21 Å². The molecule has 0 aromatic carbocycles. The molecule has 0 fully saturated rings. The van der Waals surface area contributed by atoms with E-state index in [1.165, 1.54) is 110 Å². The molecule has 0 heterocycles. The number of hydroxylamine groups is 3. The van der Waals surface area contributed by atoms with Gasteiger partial charge in [0.15, 0.2) is 0 Å². The summed E-state index contributed by atoms with van der Waals surface area (Å²) in [5, 5.41) is 33.2. The molecular weight excluding hydrogens is 398 g/mol. The van der Waals surface area contributed by atoms with Crippen LogP contribution in [-0.2, 0) is 0 Å². The van der Waals surface area contributed by atoms with Crippen LogP contribution in [0.25, 0.3) is 0 Å². The Hall–Kier alpha value is -0.160. The van der Waals surface area contributed by atoms with E-state index in [2.05, 4.69) is 13.8 Å². The average Bonchev–Trinajstić information content (AvgIpc) is 2.75. The summed E-state index contributed by atoms with van der Waals surface area (Å²) in [5.74, 6) is -2.18. The first-order valence-corrected chi connectivity index (χ1v) is 14.4. The Labute approximate surface area is 201 Å². The first-order chi connectivity index (χ1) is 15.4. The van der Waals surface area contributed by atoms with E-state index in [0.29, 0.717) is 13.1 Å². The van der Waals surface area contributed by atoms with Crippen molar-refractivity contribution in [3.63, 3.8) is 0 Å². The third-order valence-electron chi connectivity index (χ3n) is 7.02. The van der Waals surface area contributed by atoms with Crippen LogP contribution in [0.1, 0.15) is 162 Å². The van der Waals surface area contributed by atoms with Crippen LogP contribution >= 0.6 is 0 Å². The van der Waals surface area contributed by atoms with Crippen LogP contribution in [0.5, 0.6) is 0 Å². The van der Waals surface area contributed by atoms with E-state index >= 15 is 0 Å². The molecule has 0 rings (SSSR count). The minimum absolute atomic E-state index is 0.317. The zero-order chi connectivity index (χ0) is 24.0. The minimum atomic E-state index is -2.18. The van der Waals surface area contributed by atoms with Crippen molar-refractivity contribution in [1.82, 2.24) is 0 Å². The predicted molar refractivity (Wildman–Crippen MR) is 139 cm³/mol. The molecule has 4 heteroatoms. The van der Waals surface area contributed by atoms with Crippen molar-refractivity contribution in [2.45, 2.75) is 168 Å². The van der Waals surface area contributed by atoms with Gasteiger partial charge in [0, 0.05) is 6.92 Å². The van der Waals surface area contributed by atoms with E-state index in [-0.39, 0.29) is 0 Å². The Bertz CT molecular complexity index is 383. The third kappa shape index (κ3) is 18.3. The normalized spacial score (nSPS) is 14.1. The van der Waals surface area contributed by atoms with Crippen molar-refractivity contribution in [1.29, 1.82) is 0 Å². The highest BCUT2D eigenvalue weighted by Gasteiger charge is 2.36. The number of nitrogens with zero attached hydrogens (tertiary/aromatic N) is 1. The SMILES string of the molecule is CCCCCCCCCCCCCC[N+]([O-])(CCCCCCCCCCCC)C(C)(O)O. The van der Waals surface area contributed by atoms with Crippen LogP contribution < -0.4 is 0 Å². The lowest BCUT2D eigenvalue weighted by atomic mass is 10.0. The fourth-order valence-electron chi connectivity index (χ4n) is 4.60. The number of quaternary nitrogens is 1. The fourth-order valence-corrected chi connectivity index (χ4v) is 4.60. The van der Waals surface area contributed by atoms with Crippen LogP contribution in [-0.4, -0.2) is 33.9 Å². The summed E-state index contributed by atoms with van der Waals surface area (Å²) >= 11 is 0. The largest absolute Gasteiger partial charge is 0.629 e. The quantitative estimate of drug-likeness (QED) is 0.0624. The highest BCUT2D eigenvalue weighted by molar-refractivity contribution is 4.55. The summed E-state index contributed by atoms with van der Waals surface area (Å²) in [4.78, 5) is 0. The van der Waals surface area contributed by atoms with E-state index in [1.807, 2.05) is 0 Å². The molecule has 0 saturated carbocycles. The van der Waals surface area contributed by atoms with Gasteiger partial charge >= 0.3 is 5.91 Å². The molecule has 0 spiro atoms. The van der Waals surface area contributed by atoms with Gasteiger partial charge in [0.2, 0.25) is 0 Å². The Morgan fingerprint density at radius 3 is 0.906 bits per heavy atom. The molecule has 2 N–H and O–H groups in total. The van der Waals surface area contributed by atoms with E-state index < -0.39 is 10.6 Å². The van der Waals surface area contributed by atoms with Crippen LogP contribution in [0, 0.1) is 5.21 Å². The number of hydrogen-bond acceptors (Lipinski definition) is 3. The molecule has 0 amide bonds. The molecule has 1 atom stereocenters. The van der Waals surface area contributed by atoms with E-state index in [0.717, 1.165) is 38.5 Å². The Kier molecular flexibility index (Phi) is 21.3. The molecule has 0 aliphatic rings. The monoisotopic (exact) mass is 457 g/mol. The second-order valence-electron chi connectivity index (χ2n) is 10.4. The molecule has 4 nitrogen and oxygen atoms in total. The molecule has 0 saturated heterocycles. The van der Waals surface area contributed by atoms with Gasteiger partial charge in [-0.3, -0.25) is 0 Å². The van der Waals surface area contributed by atoms with Crippen molar-refractivity contribution < 1.29 is 14.9 Å². The topological polar surface area (TPSA) is 63.5 Å². The summed E-state index contributed by atoms with van der Waals surface area (Å²) < 4.78 is -0.873. The fraction of sp³-hybridized carbons (Fsp3) is 1.00. The number of hydrogen-bond donors (Lipinski definition) is 2. The lowest BCUT2D eigenvalue weighted by Crippen LogP contribution is -2.60. The summed E-state index contributed by atoms with van der Waals surface area (Å²) in [6.45, 7) is 6.40. The maximum atomic E-state index is 13.1. The first-order valence-electron chi connectivity index (χ1n) is 14.4. The first kappa shape index (κ1) is 31.8. The maximum absolute atomic E-state index is 13.1. The van der Waals surface area contributed by atoms with Crippen molar-refractivity contribution in [2.24, 2.45) is 0 Å². The molecule has 0 radical (unpaired) electrons. The highest BCUT2D eigenvalue weighted by atomic mass is 16.7. The summed E-state index contributed by atoms with van der Waals surface area (Å²) in [6, 6.07) is 0. The Morgan fingerprint density at radius 1 is 0.469 bits per heavy atom. The van der Waals surface area contributed by atoms with Crippen LogP contribution in [0.15, 0.2) is 0 Å². The van der Waals surface area contributed by atoms with Gasteiger partial charge in [-0.15, -0.1) is 0 Å². The molecule has 0 aromatic heterocycles. The lowest BCUT2D eigenvalue weighted by molar-refractivity contribution is -0.983. The van der Waals surface area contributed by atoms with Gasteiger partial charge in [0.05, 0.1) is 13.1 Å². The molecule has 0 bridgehead atoms.